The molecule has 2 aromatic rings. The SMILES string of the molecule is COCC(O)CNc1nc2ccc(F)cc2[nH]1. The average Bonchev–Trinajstić information content (AvgIpc) is 2.68. The summed E-state index contributed by atoms with van der Waals surface area (Å²) in [7, 11) is 1.52. The Balaban J connectivity index is 2.04. The van der Waals surface area contributed by atoms with Crippen molar-refractivity contribution in [3.8, 4) is 0 Å². The topological polar surface area (TPSA) is 70.2 Å². The van der Waals surface area contributed by atoms with Crippen LogP contribution < -0.4 is 5.32 Å². The summed E-state index contributed by atoms with van der Waals surface area (Å²) in [4.78, 5) is 7.12. The fourth-order valence-corrected chi connectivity index (χ4v) is 1.53. The maximum Gasteiger partial charge on any atom is 0.201 e. The zero-order valence-electron chi connectivity index (χ0n) is 9.40. The van der Waals surface area contributed by atoms with E-state index in [0.29, 0.717) is 23.5 Å². The number of aromatic amines is 1. The number of benzene rings is 1. The number of nitrogens with one attached hydrogen (secondary N) is 2. The van der Waals surface area contributed by atoms with Gasteiger partial charge in [-0.3, -0.25) is 0 Å². The standard InChI is InChI=1S/C11H14FN3O2/c1-17-6-8(16)5-13-11-14-9-3-2-7(12)4-10(9)15-11/h2-4,8,16H,5-6H2,1H3,(H2,13,14,15). The molecule has 0 saturated carbocycles. The van der Waals surface area contributed by atoms with E-state index < -0.39 is 6.10 Å². The summed E-state index contributed by atoms with van der Waals surface area (Å²) in [6, 6.07) is 4.32. The summed E-state index contributed by atoms with van der Waals surface area (Å²) >= 11 is 0. The fraction of sp³-hybridized carbons (Fsp3) is 0.364. The Morgan fingerprint density at radius 1 is 1.59 bits per heavy atom. The van der Waals surface area contributed by atoms with Crippen molar-refractivity contribution in [1.29, 1.82) is 0 Å². The van der Waals surface area contributed by atoms with Crippen LogP contribution in [0.15, 0.2) is 18.2 Å². The van der Waals surface area contributed by atoms with Gasteiger partial charge in [-0.15, -0.1) is 0 Å². The Hall–Kier alpha value is -1.66. The Bertz CT molecular complexity index is 500. The molecule has 0 fully saturated rings. The van der Waals surface area contributed by atoms with Gasteiger partial charge in [0.15, 0.2) is 0 Å². The van der Waals surface area contributed by atoms with Crippen molar-refractivity contribution < 1.29 is 14.2 Å². The first-order valence-electron chi connectivity index (χ1n) is 5.25. The molecule has 1 aromatic carbocycles. The number of imidazole rings is 1. The highest BCUT2D eigenvalue weighted by molar-refractivity contribution is 5.77. The van der Waals surface area contributed by atoms with Crippen LogP contribution in [0.25, 0.3) is 11.0 Å². The number of halogens is 1. The lowest BCUT2D eigenvalue weighted by Crippen LogP contribution is -2.24. The molecule has 1 atom stereocenters. The zero-order chi connectivity index (χ0) is 12.3. The maximum absolute atomic E-state index is 12.9. The van der Waals surface area contributed by atoms with Crippen molar-refractivity contribution in [1.82, 2.24) is 9.97 Å². The summed E-state index contributed by atoms with van der Waals surface area (Å²) in [6.45, 7) is 0.567. The summed E-state index contributed by atoms with van der Waals surface area (Å²) in [5.74, 6) is 0.188. The highest BCUT2D eigenvalue weighted by atomic mass is 19.1. The minimum atomic E-state index is -0.607. The summed E-state index contributed by atoms with van der Waals surface area (Å²) in [6.07, 6.45) is -0.607. The lowest BCUT2D eigenvalue weighted by molar-refractivity contribution is 0.0727. The number of nitrogens with zero attached hydrogens (tertiary/aromatic N) is 1. The van der Waals surface area contributed by atoms with Gasteiger partial charge in [-0.05, 0) is 18.2 Å². The second-order valence-electron chi connectivity index (χ2n) is 3.74. The van der Waals surface area contributed by atoms with E-state index in [1.54, 1.807) is 6.07 Å². The van der Waals surface area contributed by atoms with Gasteiger partial charge < -0.3 is 20.1 Å². The van der Waals surface area contributed by atoms with E-state index in [1.165, 1.54) is 19.2 Å². The first kappa shape index (κ1) is 11.8. The zero-order valence-corrected chi connectivity index (χ0v) is 9.40. The van der Waals surface area contributed by atoms with Gasteiger partial charge in [-0.1, -0.05) is 0 Å². The second kappa shape index (κ2) is 5.11. The van der Waals surface area contributed by atoms with E-state index in [4.69, 9.17) is 4.74 Å². The third-order valence-electron chi connectivity index (χ3n) is 2.31. The molecule has 2 rings (SSSR count). The van der Waals surface area contributed by atoms with Gasteiger partial charge in [0.2, 0.25) is 5.95 Å². The van der Waals surface area contributed by atoms with Crippen LogP contribution in [0.2, 0.25) is 0 Å². The number of rotatable bonds is 5. The molecule has 0 radical (unpaired) electrons. The predicted molar refractivity (Wildman–Crippen MR) is 62.4 cm³/mol. The van der Waals surface area contributed by atoms with E-state index in [1.807, 2.05) is 0 Å². The molecule has 0 spiro atoms. The van der Waals surface area contributed by atoms with E-state index in [0.717, 1.165) is 0 Å². The van der Waals surface area contributed by atoms with Crippen molar-refractivity contribution in [3.63, 3.8) is 0 Å². The van der Waals surface area contributed by atoms with Crippen LogP contribution in [0.4, 0.5) is 10.3 Å². The Morgan fingerprint density at radius 3 is 3.18 bits per heavy atom. The normalized spacial score (nSPS) is 12.9. The van der Waals surface area contributed by atoms with E-state index in [9.17, 15) is 9.50 Å². The lowest BCUT2D eigenvalue weighted by atomic mass is 10.3. The first-order valence-corrected chi connectivity index (χ1v) is 5.25. The minimum Gasteiger partial charge on any atom is -0.389 e. The van der Waals surface area contributed by atoms with Crippen molar-refractivity contribution in [2.45, 2.75) is 6.10 Å². The number of ether oxygens (including phenoxy) is 1. The van der Waals surface area contributed by atoms with Crippen molar-refractivity contribution in [2.75, 3.05) is 25.6 Å². The van der Waals surface area contributed by atoms with Crippen LogP contribution in [-0.2, 0) is 4.74 Å². The third kappa shape index (κ3) is 2.92. The number of aliphatic hydroxyl groups is 1. The molecule has 0 aliphatic rings. The Kier molecular flexibility index (Phi) is 3.55. The molecular weight excluding hydrogens is 225 g/mol. The van der Waals surface area contributed by atoms with Gasteiger partial charge in [0.05, 0.1) is 23.7 Å². The minimum absolute atomic E-state index is 0.252. The highest BCUT2D eigenvalue weighted by Crippen LogP contribution is 2.15. The smallest absolute Gasteiger partial charge is 0.201 e. The van der Waals surface area contributed by atoms with Crippen LogP contribution >= 0.6 is 0 Å². The van der Waals surface area contributed by atoms with Crippen molar-refractivity contribution in [3.05, 3.63) is 24.0 Å². The Morgan fingerprint density at radius 2 is 2.41 bits per heavy atom. The van der Waals surface area contributed by atoms with Gasteiger partial charge in [0.1, 0.15) is 5.82 Å². The van der Waals surface area contributed by atoms with E-state index >= 15 is 0 Å². The molecule has 1 unspecified atom stereocenters. The van der Waals surface area contributed by atoms with Crippen molar-refractivity contribution >= 4 is 17.0 Å². The first-order chi connectivity index (χ1) is 8.19. The van der Waals surface area contributed by atoms with Crippen molar-refractivity contribution in [2.24, 2.45) is 0 Å². The molecule has 17 heavy (non-hydrogen) atoms. The summed E-state index contributed by atoms with van der Waals surface area (Å²) in [5, 5.41) is 12.4. The highest BCUT2D eigenvalue weighted by Gasteiger charge is 2.06. The Labute approximate surface area is 97.6 Å². The molecule has 0 aliphatic heterocycles. The monoisotopic (exact) mass is 239 g/mol. The van der Waals surface area contributed by atoms with Crippen LogP contribution in [0.1, 0.15) is 0 Å². The van der Waals surface area contributed by atoms with Crippen LogP contribution in [-0.4, -0.2) is 41.4 Å². The molecule has 0 bridgehead atoms. The molecule has 1 aromatic heterocycles. The number of aromatic nitrogens is 2. The quantitative estimate of drug-likeness (QED) is 0.731. The average molecular weight is 239 g/mol. The molecule has 0 amide bonds. The molecular formula is C11H14FN3O2. The van der Waals surface area contributed by atoms with Gasteiger partial charge in [0.25, 0.3) is 0 Å². The molecule has 6 heteroatoms. The van der Waals surface area contributed by atoms with Gasteiger partial charge in [-0.2, -0.15) is 0 Å². The fourth-order valence-electron chi connectivity index (χ4n) is 1.53. The van der Waals surface area contributed by atoms with Crippen LogP contribution in [0, 0.1) is 5.82 Å². The predicted octanol–water partition coefficient (Wildman–Crippen LogP) is 1.12. The van der Waals surface area contributed by atoms with Crippen LogP contribution in [0.5, 0.6) is 0 Å². The number of anilines is 1. The number of fused-ring (bicyclic) bond motifs is 1. The summed E-state index contributed by atoms with van der Waals surface area (Å²) < 4.78 is 17.7. The number of hydrogen-bond donors (Lipinski definition) is 3. The molecule has 92 valence electrons. The number of aliphatic hydroxyl groups excluding tert-OH is 1. The van der Waals surface area contributed by atoms with E-state index in [-0.39, 0.29) is 12.4 Å². The number of H-pyrrole nitrogens is 1. The lowest BCUT2D eigenvalue weighted by Gasteiger charge is -2.09. The van der Waals surface area contributed by atoms with Crippen LogP contribution in [0.3, 0.4) is 0 Å². The third-order valence-corrected chi connectivity index (χ3v) is 2.31. The molecule has 0 saturated heterocycles. The number of methoxy groups -OCH3 is 1. The molecule has 3 N–H and O–H groups in total. The summed E-state index contributed by atoms with van der Waals surface area (Å²) in [5.41, 5.74) is 1.30. The van der Waals surface area contributed by atoms with Gasteiger partial charge in [0, 0.05) is 13.7 Å². The number of hydrogen-bond acceptors (Lipinski definition) is 4. The largest absolute Gasteiger partial charge is 0.389 e. The van der Waals surface area contributed by atoms with E-state index in [2.05, 4.69) is 15.3 Å². The second-order valence-corrected chi connectivity index (χ2v) is 3.74. The van der Waals surface area contributed by atoms with Gasteiger partial charge in [-0.25, -0.2) is 9.37 Å². The molecule has 5 nitrogen and oxygen atoms in total. The molecule has 0 aliphatic carbocycles. The maximum atomic E-state index is 12.9. The molecule has 1 heterocycles. The van der Waals surface area contributed by atoms with Gasteiger partial charge >= 0.3 is 0 Å².